The van der Waals surface area contributed by atoms with Gasteiger partial charge in [-0.3, -0.25) is 0 Å². The van der Waals surface area contributed by atoms with Crippen molar-refractivity contribution in [2.75, 3.05) is 4.90 Å². The third-order valence-corrected chi connectivity index (χ3v) is 10.00. The van der Waals surface area contributed by atoms with Crippen LogP contribution >= 0.6 is 0 Å². The summed E-state index contributed by atoms with van der Waals surface area (Å²) >= 11 is 0. The average molecular weight is 712 g/mol. The molecule has 11 aromatic rings. The Morgan fingerprint density at radius 2 is 1.13 bits per heavy atom. The highest BCUT2D eigenvalue weighted by Gasteiger charge is 2.20. The van der Waals surface area contributed by atoms with Crippen LogP contribution in [0.15, 0.2) is 197 Å². The van der Waals surface area contributed by atoms with Crippen LogP contribution in [-0.2, 0) is 0 Å². The monoisotopic (exact) mass is 711 g/mol. The van der Waals surface area contributed by atoms with Crippen LogP contribution in [0.3, 0.4) is 0 Å². The molecule has 55 heavy (non-hydrogen) atoms. The zero-order valence-electron chi connectivity index (χ0n) is 35.1. The average Bonchev–Trinajstić information content (AvgIpc) is 3.88. The van der Waals surface area contributed by atoms with Gasteiger partial charge in [0.05, 0.1) is 19.4 Å². The summed E-state index contributed by atoms with van der Waals surface area (Å²) in [6, 6.07) is 47.2. The van der Waals surface area contributed by atoms with E-state index in [0.717, 1.165) is 50.0 Å². The second kappa shape index (κ2) is 12.6. The zero-order valence-corrected chi connectivity index (χ0v) is 29.1. The zero-order chi connectivity index (χ0) is 41.5. The summed E-state index contributed by atoms with van der Waals surface area (Å²) in [5.74, 6) is 0.164. The fraction of sp³-hybridized carbons (Fsp3) is 0. The number of anilines is 3. The summed E-state index contributed by atoms with van der Waals surface area (Å²) in [6.07, 6.45) is 0. The van der Waals surface area contributed by atoms with E-state index >= 15 is 0 Å². The normalized spacial score (nSPS) is 13.2. The van der Waals surface area contributed by atoms with E-state index in [1.807, 2.05) is 133 Å². The van der Waals surface area contributed by atoms with Crippen molar-refractivity contribution < 1.29 is 17.1 Å². The van der Waals surface area contributed by atoms with Crippen LogP contribution in [-0.4, -0.2) is 9.97 Å². The number of benzene rings is 8. The van der Waals surface area contributed by atoms with Crippen LogP contribution in [0.4, 0.5) is 17.1 Å². The first-order chi connectivity index (χ1) is 29.8. The quantitative estimate of drug-likeness (QED) is 0.172. The highest BCUT2D eigenvalue weighted by atomic mass is 16.3. The Morgan fingerprint density at radius 3 is 1.98 bits per heavy atom. The van der Waals surface area contributed by atoms with E-state index in [0.29, 0.717) is 16.8 Å². The predicted octanol–water partition coefficient (Wildman–Crippen LogP) is 13.9. The van der Waals surface area contributed by atoms with E-state index in [9.17, 15) is 2.74 Å². The second-order valence-corrected chi connectivity index (χ2v) is 13.3. The number of hydrogen-bond donors (Lipinski definition) is 0. The summed E-state index contributed by atoms with van der Waals surface area (Å²) in [4.78, 5) is 12.2. The first-order valence-corrected chi connectivity index (χ1v) is 17.9. The van der Waals surface area contributed by atoms with Gasteiger partial charge in [-0.25, -0.2) is 9.97 Å². The number of aromatic nitrogens is 2. The molecule has 0 radical (unpaired) electrons. The molecular weight excluding hydrogens is 675 g/mol. The van der Waals surface area contributed by atoms with Crippen molar-refractivity contribution in [1.29, 1.82) is 0 Å². The lowest BCUT2D eigenvalue weighted by molar-refractivity contribution is 0.668. The maximum Gasteiger partial charge on any atom is 0.161 e. The third kappa shape index (κ3) is 5.24. The van der Waals surface area contributed by atoms with Crippen molar-refractivity contribution >= 4 is 71.8 Å². The molecule has 0 unspecified atom stereocenters. The number of furan rings is 2. The molecule has 0 N–H and O–H groups in total. The molecule has 258 valence electrons. The molecule has 0 aliphatic carbocycles. The molecule has 11 rings (SSSR count). The van der Waals surface area contributed by atoms with Gasteiger partial charge in [0.25, 0.3) is 0 Å². The van der Waals surface area contributed by atoms with E-state index in [-0.39, 0.29) is 63.1 Å². The van der Waals surface area contributed by atoms with Crippen LogP contribution in [0.25, 0.3) is 88.6 Å². The highest BCUT2D eigenvalue weighted by molar-refractivity contribution is 6.13. The van der Waals surface area contributed by atoms with Gasteiger partial charge in [-0.2, -0.15) is 0 Å². The van der Waals surface area contributed by atoms with Crippen molar-refractivity contribution in [2.24, 2.45) is 0 Å². The Morgan fingerprint density at radius 1 is 0.455 bits per heavy atom. The standard InChI is InChI=1S/C50H31N3O2/c1-3-13-33(14-4-1)49-40-18-7-10-20-43(40)51-50(52-49)42-29-34(30-47-48(42)41-19-9-12-22-45(41)55-47)32-23-25-36(26-24-32)53(35-15-5-2-6-16-35)37-27-28-39-38-17-8-11-21-44(38)54-46(39)31-37/h1-31H/i9D,12D,19D,22D,29D,30D. The third-order valence-electron chi connectivity index (χ3n) is 10.00. The maximum atomic E-state index is 9.94. The Hall–Kier alpha value is -7.50. The molecule has 0 bridgehead atoms. The highest BCUT2D eigenvalue weighted by Crippen LogP contribution is 2.42. The number of fused-ring (bicyclic) bond motifs is 7. The molecule has 3 aromatic heterocycles. The van der Waals surface area contributed by atoms with Crippen LogP contribution in [0.5, 0.6) is 0 Å². The molecule has 0 amide bonds. The molecule has 0 saturated heterocycles. The largest absolute Gasteiger partial charge is 0.456 e. The summed E-state index contributed by atoms with van der Waals surface area (Å²) in [6.45, 7) is 0. The minimum absolute atomic E-state index is 0.00939. The summed E-state index contributed by atoms with van der Waals surface area (Å²) < 4.78 is 66.9. The lowest BCUT2D eigenvalue weighted by atomic mass is 9.97. The molecule has 0 spiro atoms. The maximum absolute atomic E-state index is 9.94. The molecule has 5 nitrogen and oxygen atoms in total. The fourth-order valence-electron chi connectivity index (χ4n) is 7.45. The van der Waals surface area contributed by atoms with Crippen LogP contribution in [0, 0.1) is 0 Å². The lowest BCUT2D eigenvalue weighted by Gasteiger charge is -2.25. The van der Waals surface area contributed by atoms with Crippen molar-refractivity contribution in [3.63, 3.8) is 0 Å². The molecule has 0 saturated carbocycles. The van der Waals surface area contributed by atoms with E-state index in [1.165, 1.54) is 0 Å². The fourth-order valence-corrected chi connectivity index (χ4v) is 7.45. The first-order valence-electron chi connectivity index (χ1n) is 20.9. The number of rotatable bonds is 6. The second-order valence-electron chi connectivity index (χ2n) is 13.3. The molecule has 3 heterocycles. The lowest BCUT2D eigenvalue weighted by Crippen LogP contribution is -2.09. The summed E-state index contributed by atoms with van der Waals surface area (Å²) in [5, 5.41) is 3.11. The molecule has 8 aromatic carbocycles. The van der Waals surface area contributed by atoms with Gasteiger partial charge >= 0.3 is 0 Å². The Labute approximate surface area is 324 Å². The molecule has 0 atom stereocenters. The van der Waals surface area contributed by atoms with Crippen molar-refractivity contribution in [1.82, 2.24) is 9.97 Å². The molecular formula is C50H31N3O2. The van der Waals surface area contributed by atoms with E-state index < -0.39 is 12.1 Å². The number of para-hydroxylation sites is 4. The van der Waals surface area contributed by atoms with E-state index in [2.05, 4.69) is 23.1 Å². The first kappa shape index (κ1) is 25.5. The van der Waals surface area contributed by atoms with Crippen molar-refractivity contribution in [3.05, 3.63) is 188 Å². The van der Waals surface area contributed by atoms with E-state index in [4.69, 9.17) is 24.3 Å². The minimum atomic E-state index is -0.456. The van der Waals surface area contributed by atoms with Crippen LogP contribution in [0.1, 0.15) is 8.22 Å². The minimum Gasteiger partial charge on any atom is -0.456 e. The molecule has 0 aliphatic rings. The van der Waals surface area contributed by atoms with Crippen LogP contribution in [0.2, 0.25) is 0 Å². The van der Waals surface area contributed by atoms with E-state index in [1.54, 1.807) is 0 Å². The van der Waals surface area contributed by atoms with Gasteiger partial charge < -0.3 is 13.7 Å². The van der Waals surface area contributed by atoms with Crippen LogP contribution < -0.4 is 4.90 Å². The van der Waals surface area contributed by atoms with Crippen molar-refractivity contribution in [3.8, 4) is 33.8 Å². The topological polar surface area (TPSA) is 55.3 Å². The summed E-state index contributed by atoms with van der Waals surface area (Å²) in [7, 11) is 0. The van der Waals surface area contributed by atoms with Gasteiger partial charge in [-0.05, 0) is 77.8 Å². The Kier molecular flexibility index (Phi) is 5.82. The Bertz CT molecular complexity index is 3550. The summed E-state index contributed by atoms with van der Waals surface area (Å²) in [5.41, 5.74) is 7.15. The van der Waals surface area contributed by atoms with Gasteiger partial charge in [-0.1, -0.05) is 115 Å². The molecule has 5 heteroatoms. The molecule has 0 fully saturated rings. The van der Waals surface area contributed by atoms with Gasteiger partial charge in [0, 0.05) is 61.2 Å². The number of nitrogens with zero attached hydrogens (tertiary/aromatic N) is 3. The van der Waals surface area contributed by atoms with Gasteiger partial charge in [-0.15, -0.1) is 0 Å². The Balaban J connectivity index is 1.14. The van der Waals surface area contributed by atoms with Gasteiger partial charge in [0.15, 0.2) is 5.82 Å². The predicted molar refractivity (Wildman–Crippen MR) is 225 cm³/mol. The smallest absolute Gasteiger partial charge is 0.161 e. The SMILES string of the molecule is [2H]c1c([2H])c([2H])c2c(oc3c([2H])c(-c4ccc(N(c5ccccc5)c5ccc6c(c5)oc5ccccc56)cc4)c([2H])c(-c4nc(-c5ccccc5)c5ccccc5n4)c32)c1[2H]. The van der Waals surface area contributed by atoms with Gasteiger partial charge in [0.1, 0.15) is 22.3 Å². The molecule has 0 aliphatic heterocycles. The number of hydrogen-bond acceptors (Lipinski definition) is 5. The van der Waals surface area contributed by atoms with Gasteiger partial charge in [0.2, 0.25) is 0 Å². The van der Waals surface area contributed by atoms with Crippen molar-refractivity contribution in [2.45, 2.75) is 0 Å².